The first-order valence-corrected chi connectivity index (χ1v) is 8.88. The van der Waals surface area contributed by atoms with E-state index in [2.05, 4.69) is 20.7 Å². The first-order valence-electron chi connectivity index (χ1n) is 5.03. The third-order valence-electron chi connectivity index (χ3n) is 2.31. The van der Waals surface area contributed by atoms with Crippen LogP contribution in [0.4, 0.5) is 5.69 Å². The first-order chi connectivity index (χ1) is 8.79. The quantitative estimate of drug-likeness (QED) is 0.793. The van der Waals surface area contributed by atoms with Gasteiger partial charge in [-0.25, -0.2) is 8.42 Å². The molecule has 0 atom stereocenters. The summed E-state index contributed by atoms with van der Waals surface area (Å²) in [5.41, 5.74) is 0.299. The molecule has 1 N–H and O–H groups in total. The molecule has 3 nitrogen and oxygen atoms in total. The third-order valence-corrected chi connectivity index (χ3v) is 6.03. The second kappa shape index (κ2) is 5.61. The number of nitrogens with one attached hydrogen (secondary N) is 1. The summed E-state index contributed by atoms with van der Waals surface area (Å²) in [4.78, 5) is 0.930. The Bertz CT molecular complexity index is 728. The van der Waals surface area contributed by atoms with Crippen LogP contribution in [-0.4, -0.2) is 8.42 Å². The molecule has 0 unspecified atom stereocenters. The highest BCUT2D eigenvalue weighted by Gasteiger charge is 2.20. The van der Waals surface area contributed by atoms with Crippen LogP contribution in [0, 0.1) is 6.92 Å². The normalized spacial score (nSPS) is 11.6. The maximum Gasteiger partial charge on any atom is 0.263 e. The van der Waals surface area contributed by atoms with Gasteiger partial charge in [-0.2, -0.15) is 0 Å². The Balaban J connectivity index is 2.39. The van der Waals surface area contributed by atoms with Crippen LogP contribution < -0.4 is 4.72 Å². The topological polar surface area (TPSA) is 46.2 Å². The second-order valence-corrected chi connectivity index (χ2v) is 8.83. The van der Waals surface area contributed by atoms with Gasteiger partial charge in [-0.15, -0.1) is 11.3 Å². The number of hydrogen-bond donors (Lipinski definition) is 1. The van der Waals surface area contributed by atoms with Crippen molar-refractivity contribution >= 4 is 66.2 Å². The molecule has 1 heterocycles. The lowest BCUT2D eigenvalue weighted by atomic mass is 10.3. The summed E-state index contributed by atoms with van der Waals surface area (Å²) in [6, 6.07) is 6.14. The molecule has 0 amide bonds. The van der Waals surface area contributed by atoms with Gasteiger partial charge in [0.05, 0.1) is 14.5 Å². The van der Waals surface area contributed by atoms with Crippen molar-refractivity contribution in [3.8, 4) is 0 Å². The Morgan fingerprint density at radius 3 is 2.47 bits per heavy atom. The summed E-state index contributed by atoms with van der Waals surface area (Å²) in [7, 11) is -3.66. The predicted octanol–water partition coefficient (Wildman–Crippen LogP) is 4.93. The van der Waals surface area contributed by atoms with Crippen LogP contribution in [0.1, 0.15) is 4.88 Å². The molecular formula is C11H8BrCl2NO2S2. The van der Waals surface area contributed by atoms with Crippen molar-refractivity contribution < 1.29 is 8.42 Å². The zero-order chi connectivity index (χ0) is 14.2. The molecule has 0 aliphatic carbocycles. The van der Waals surface area contributed by atoms with Crippen LogP contribution in [0.5, 0.6) is 0 Å². The van der Waals surface area contributed by atoms with Gasteiger partial charge in [0.2, 0.25) is 0 Å². The van der Waals surface area contributed by atoms with E-state index >= 15 is 0 Å². The van der Waals surface area contributed by atoms with Gasteiger partial charge >= 0.3 is 0 Å². The number of hydrogen-bond acceptors (Lipinski definition) is 3. The van der Waals surface area contributed by atoms with Gasteiger partial charge in [-0.05, 0) is 47.1 Å². The molecular weight excluding hydrogens is 393 g/mol. The monoisotopic (exact) mass is 399 g/mol. The molecule has 8 heteroatoms. The molecule has 1 aromatic heterocycles. The van der Waals surface area contributed by atoms with E-state index in [4.69, 9.17) is 23.2 Å². The Kier molecular flexibility index (Phi) is 4.47. The highest BCUT2D eigenvalue weighted by molar-refractivity contribution is 9.11. The molecule has 0 aliphatic heterocycles. The zero-order valence-electron chi connectivity index (χ0n) is 9.58. The summed E-state index contributed by atoms with van der Waals surface area (Å²) in [5.74, 6) is 0. The molecule has 2 aromatic rings. The summed E-state index contributed by atoms with van der Waals surface area (Å²) in [6.45, 7) is 1.74. The van der Waals surface area contributed by atoms with E-state index < -0.39 is 10.0 Å². The molecule has 2 rings (SSSR count). The standard InChI is InChI=1S/C11H8BrCl2NO2S2/c1-6-10(5-11(12)18-6)19(16,17)15-9-3-2-7(13)4-8(9)14/h2-5,15H,1H3. The molecule has 0 radical (unpaired) electrons. The Morgan fingerprint density at radius 1 is 1.26 bits per heavy atom. The van der Waals surface area contributed by atoms with E-state index in [1.54, 1.807) is 19.1 Å². The summed E-state index contributed by atoms with van der Waals surface area (Å²) in [5, 5.41) is 0.699. The number of aryl methyl sites for hydroxylation is 1. The van der Waals surface area contributed by atoms with Gasteiger partial charge in [0.15, 0.2) is 0 Å². The van der Waals surface area contributed by atoms with Crippen LogP contribution in [0.3, 0.4) is 0 Å². The van der Waals surface area contributed by atoms with Crippen LogP contribution >= 0.6 is 50.5 Å². The van der Waals surface area contributed by atoms with Crippen LogP contribution in [0.25, 0.3) is 0 Å². The molecule has 0 saturated heterocycles. The fourth-order valence-corrected chi connectivity index (χ4v) is 5.48. The smallest absolute Gasteiger partial charge is 0.263 e. The number of anilines is 1. The summed E-state index contributed by atoms with van der Waals surface area (Å²) >= 11 is 16.3. The zero-order valence-corrected chi connectivity index (χ0v) is 14.3. The van der Waals surface area contributed by atoms with E-state index in [1.165, 1.54) is 23.5 Å². The van der Waals surface area contributed by atoms with E-state index in [-0.39, 0.29) is 9.92 Å². The minimum atomic E-state index is -3.66. The van der Waals surface area contributed by atoms with Crippen molar-refractivity contribution in [2.45, 2.75) is 11.8 Å². The maximum absolute atomic E-state index is 12.3. The van der Waals surface area contributed by atoms with Gasteiger partial charge in [0.25, 0.3) is 10.0 Å². The number of rotatable bonds is 3. The van der Waals surface area contributed by atoms with E-state index in [9.17, 15) is 8.42 Å². The molecule has 0 fully saturated rings. The molecule has 0 aliphatic rings. The molecule has 102 valence electrons. The van der Waals surface area contributed by atoms with Gasteiger partial charge < -0.3 is 0 Å². The summed E-state index contributed by atoms with van der Waals surface area (Å²) < 4.78 is 27.7. The van der Waals surface area contributed by atoms with Gasteiger partial charge in [0.1, 0.15) is 4.90 Å². The first kappa shape index (κ1) is 15.1. The SMILES string of the molecule is Cc1sc(Br)cc1S(=O)(=O)Nc1ccc(Cl)cc1Cl. The fraction of sp³-hybridized carbons (Fsp3) is 0.0909. The Morgan fingerprint density at radius 2 is 1.95 bits per heavy atom. The lowest BCUT2D eigenvalue weighted by Gasteiger charge is -2.09. The molecule has 1 aromatic carbocycles. The van der Waals surface area contributed by atoms with Gasteiger partial charge in [-0.3, -0.25) is 4.72 Å². The van der Waals surface area contributed by atoms with Crippen molar-refractivity contribution in [3.05, 3.63) is 43.0 Å². The van der Waals surface area contributed by atoms with E-state index in [1.807, 2.05) is 0 Å². The average molecular weight is 401 g/mol. The lowest BCUT2D eigenvalue weighted by Crippen LogP contribution is -2.13. The van der Waals surface area contributed by atoms with Crippen molar-refractivity contribution in [2.75, 3.05) is 4.72 Å². The largest absolute Gasteiger partial charge is 0.278 e. The third kappa shape index (κ3) is 3.44. The minimum Gasteiger partial charge on any atom is -0.278 e. The van der Waals surface area contributed by atoms with E-state index in [0.29, 0.717) is 15.6 Å². The molecule has 0 bridgehead atoms. The highest BCUT2D eigenvalue weighted by Crippen LogP contribution is 2.32. The summed E-state index contributed by atoms with van der Waals surface area (Å²) in [6.07, 6.45) is 0. The average Bonchev–Trinajstić information content (AvgIpc) is 2.63. The number of halogens is 3. The van der Waals surface area contributed by atoms with Crippen molar-refractivity contribution in [2.24, 2.45) is 0 Å². The minimum absolute atomic E-state index is 0.232. The van der Waals surface area contributed by atoms with Crippen LogP contribution in [0.2, 0.25) is 10.0 Å². The Hall–Kier alpha value is -0.270. The number of sulfonamides is 1. The van der Waals surface area contributed by atoms with Gasteiger partial charge in [0, 0.05) is 9.90 Å². The number of thiophene rings is 1. The predicted molar refractivity (Wildman–Crippen MR) is 84.0 cm³/mol. The fourth-order valence-electron chi connectivity index (χ4n) is 1.47. The molecule has 0 spiro atoms. The molecule has 19 heavy (non-hydrogen) atoms. The van der Waals surface area contributed by atoms with Crippen molar-refractivity contribution in [1.82, 2.24) is 0 Å². The lowest BCUT2D eigenvalue weighted by molar-refractivity contribution is 0.601. The van der Waals surface area contributed by atoms with Crippen LogP contribution in [-0.2, 0) is 10.0 Å². The highest BCUT2D eigenvalue weighted by atomic mass is 79.9. The van der Waals surface area contributed by atoms with E-state index in [0.717, 1.165) is 3.79 Å². The maximum atomic E-state index is 12.3. The van der Waals surface area contributed by atoms with Crippen molar-refractivity contribution in [3.63, 3.8) is 0 Å². The number of benzene rings is 1. The van der Waals surface area contributed by atoms with Crippen LogP contribution in [0.15, 0.2) is 32.9 Å². The second-order valence-electron chi connectivity index (χ2n) is 3.70. The van der Waals surface area contributed by atoms with Gasteiger partial charge in [-0.1, -0.05) is 23.2 Å². The Labute approximate surface area is 133 Å². The molecule has 0 saturated carbocycles. The van der Waals surface area contributed by atoms with Crippen molar-refractivity contribution in [1.29, 1.82) is 0 Å².